The summed E-state index contributed by atoms with van der Waals surface area (Å²) >= 11 is 3.46. The van der Waals surface area contributed by atoms with Crippen LogP contribution < -0.4 is 0 Å². The Morgan fingerprint density at radius 3 is 3.14 bits per heavy atom. The van der Waals surface area contributed by atoms with Gasteiger partial charge in [-0.25, -0.2) is 9.97 Å². The number of hydrogen-bond donors (Lipinski definition) is 0. The number of thiazole rings is 1. The van der Waals surface area contributed by atoms with E-state index < -0.39 is 0 Å². The summed E-state index contributed by atoms with van der Waals surface area (Å²) in [6.45, 7) is 2.99. The van der Waals surface area contributed by atoms with E-state index in [1.807, 2.05) is 4.68 Å². The van der Waals surface area contributed by atoms with Crippen molar-refractivity contribution in [1.29, 1.82) is 0 Å². The zero-order valence-corrected chi connectivity index (χ0v) is 13.8. The first kappa shape index (κ1) is 14.0. The van der Waals surface area contributed by atoms with Gasteiger partial charge in [0.05, 0.1) is 12.2 Å². The van der Waals surface area contributed by atoms with Gasteiger partial charge < -0.3 is 0 Å². The van der Waals surface area contributed by atoms with Crippen LogP contribution in [0.2, 0.25) is 0 Å². The minimum atomic E-state index is 0.535. The van der Waals surface area contributed by atoms with Crippen molar-refractivity contribution in [3.8, 4) is 10.6 Å². The molecule has 1 saturated heterocycles. The van der Waals surface area contributed by atoms with Gasteiger partial charge in [0.25, 0.3) is 0 Å². The highest BCUT2D eigenvalue weighted by molar-refractivity contribution is 7.14. The van der Waals surface area contributed by atoms with Crippen LogP contribution >= 0.6 is 22.7 Å². The number of aromatic nitrogens is 4. The Morgan fingerprint density at radius 1 is 1.32 bits per heavy atom. The minimum Gasteiger partial charge on any atom is -0.293 e. The van der Waals surface area contributed by atoms with Gasteiger partial charge in [-0.1, -0.05) is 0 Å². The Bertz CT molecular complexity index is 704. The molecule has 3 aromatic rings. The number of thiophene rings is 1. The van der Waals surface area contributed by atoms with Gasteiger partial charge in [-0.3, -0.25) is 9.58 Å². The smallest absolute Gasteiger partial charge is 0.137 e. The van der Waals surface area contributed by atoms with Crippen molar-refractivity contribution in [2.24, 2.45) is 0 Å². The molecule has 1 atom stereocenters. The van der Waals surface area contributed by atoms with Gasteiger partial charge in [-0.15, -0.1) is 11.3 Å². The van der Waals surface area contributed by atoms with Crippen molar-refractivity contribution in [3.63, 3.8) is 0 Å². The first-order valence-corrected chi connectivity index (χ1v) is 9.24. The van der Waals surface area contributed by atoms with Crippen LogP contribution in [0.25, 0.3) is 10.6 Å². The molecule has 1 fully saturated rings. The summed E-state index contributed by atoms with van der Waals surface area (Å²) in [5.74, 6) is 0. The van der Waals surface area contributed by atoms with Crippen molar-refractivity contribution in [1.82, 2.24) is 24.6 Å². The van der Waals surface area contributed by atoms with Crippen molar-refractivity contribution in [3.05, 3.63) is 40.6 Å². The summed E-state index contributed by atoms with van der Waals surface area (Å²) < 4.78 is 1.93. The third-order valence-electron chi connectivity index (χ3n) is 4.05. The van der Waals surface area contributed by atoms with Crippen LogP contribution in [0.15, 0.2) is 34.9 Å². The van der Waals surface area contributed by atoms with Crippen molar-refractivity contribution >= 4 is 22.7 Å². The maximum Gasteiger partial charge on any atom is 0.137 e. The molecule has 0 saturated carbocycles. The van der Waals surface area contributed by atoms with Crippen LogP contribution in [-0.2, 0) is 13.1 Å². The Morgan fingerprint density at radius 2 is 2.32 bits per heavy atom. The topological polar surface area (TPSA) is 46.8 Å². The summed E-state index contributed by atoms with van der Waals surface area (Å²) in [6.07, 6.45) is 5.88. The summed E-state index contributed by atoms with van der Waals surface area (Å²) in [5, 5.41) is 11.8. The van der Waals surface area contributed by atoms with Gasteiger partial charge in [0, 0.05) is 28.9 Å². The molecule has 0 amide bonds. The number of rotatable bonds is 5. The SMILES string of the molecule is c1ncn(CC2CCCN2Cc2csc(-c3ccsc3)n2)n1. The summed E-state index contributed by atoms with van der Waals surface area (Å²) in [7, 11) is 0. The van der Waals surface area contributed by atoms with Crippen LogP contribution in [0.1, 0.15) is 18.5 Å². The lowest BCUT2D eigenvalue weighted by atomic mass is 10.2. The van der Waals surface area contributed by atoms with Gasteiger partial charge in [-0.2, -0.15) is 16.4 Å². The third kappa shape index (κ3) is 2.97. The Labute approximate surface area is 137 Å². The van der Waals surface area contributed by atoms with Crippen LogP contribution in [0.4, 0.5) is 0 Å². The largest absolute Gasteiger partial charge is 0.293 e. The highest BCUT2D eigenvalue weighted by Crippen LogP contribution is 2.27. The molecule has 5 nitrogen and oxygen atoms in total. The first-order valence-electron chi connectivity index (χ1n) is 7.42. The van der Waals surface area contributed by atoms with Crippen LogP contribution in [0.3, 0.4) is 0 Å². The molecule has 1 aliphatic heterocycles. The monoisotopic (exact) mass is 331 g/mol. The number of likely N-dealkylation sites (tertiary alicyclic amines) is 1. The Balaban J connectivity index is 1.44. The second-order valence-electron chi connectivity index (χ2n) is 5.54. The van der Waals surface area contributed by atoms with Crippen LogP contribution in [0.5, 0.6) is 0 Å². The minimum absolute atomic E-state index is 0.535. The van der Waals surface area contributed by atoms with Crippen molar-refractivity contribution < 1.29 is 0 Å². The molecule has 0 aromatic carbocycles. The molecule has 4 rings (SSSR count). The third-order valence-corrected chi connectivity index (χ3v) is 5.67. The quantitative estimate of drug-likeness (QED) is 0.721. The second-order valence-corrected chi connectivity index (χ2v) is 7.18. The van der Waals surface area contributed by atoms with E-state index in [4.69, 9.17) is 4.98 Å². The molecule has 1 unspecified atom stereocenters. The lowest BCUT2D eigenvalue weighted by Crippen LogP contribution is -2.32. The van der Waals surface area contributed by atoms with Crippen LogP contribution in [0, 0.1) is 0 Å². The standard InChI is InChI=1S/C15H17N5S2/c1-2-14(7-20-11-16-10-17-20)19(4-1)6-13-9-22-15(18-13)12-3-5-21-8-12/h3,5,8-11,14H,1-2,4,6-7H2. The lowest BCUT2D eigenvalue weighted by Gasteiger charge is -2.23. The predicted molar refractivity (Wildman–Crippen MR) is 88.9 cm³/mol. The normalized spacial score (nSPS) is 19.0. The van der Waals surface area contributed by atoms with E-state index in [1.165, 1.54) is 24.1 Å². The van der Waals surface area contributed by atoms with Crippen molar-refractivity contribution in [2.75, 3.05) is 6.54 Å². The van der Waals surface area contributed by atoms with Gasteiger partial charge in [-0.05, 0) is 30.8 Å². The van der Waals surface area contributed by atoms with E-state index in [1.54, 1.807) is 35.3 Å². The molecule has 0 radical (unpaired) electrons. The average molecular weight is 331 g/mol. The number of hydrogen-bond acceptors (Lipinski definition) is 6. The summed E-state index contributed by atoms with van der Waals surface area (Å²) in [6, 6.07) is 2.67. The fourth-order valence-electron chi connectivity index (χ4n) is 2.96. The highest BCUT2D eigenvalue weighted by Gasteiger charge is 2.25. The fraction of sp³-hybridized carbons (Fsp3) is 0.400. The molecule has 0 aliphatic carbocycles. The molecular weight excluding hydrogens is 314 g/mol. The van der Waals surface area contributed by atoms with Gasteiger partial charge in [0.2, 0.25) is 0 Å². The predicted octanol–water partition coefficient (Wildman–Crippen LogP) is 3.13. The molecule has 0 bridgehead atoms. The van der Waals surface area contributed by atoms with Crippen molar-refractivity contribution in [2.45, 2.75) is 32.0 Å². The second kappa shape index (κ2) is 6.28. The van der Waals surface area contributed by atoms with E-state index in [0.29, 0.717) is 6.04 Å². The molecule has 7 heteroatoms. The number of nitrogens with zero attached hydrogens (tertiary/aromatic N) is 5. The average Bonchev–Trinajstić information content (AvgIpc) is 3.28. The Kier molecular flexibility index (Phi) is 4.01. The first-order chi connectivity index (χ1) is 10.9. The fourth-order valence-corrected chi connectivity index (χ4v) is 4.48. The van der Waals surface area contributed by atoms with Gasteiger partial charge in [0.15, 0.2) is 0 Å². The van der Waals surface area contributed by atoms with E-state index in [0.717, 1.165) is 24.6 Å². The molecular formula is C15H17N5S2. The maximum absolute atomic E-state index is 4.80. The van der Waals surface area contributed by atoms with Gasteiger partial charge in [0.1, 0.15) is 17.7 Å². The van der Waals surface area contributed by atoms with Crippen LogP contribution in [-0.4, -0.2) is 37.2 Å². The van der Waals surface area contributed by atoms with E-state index >= 15 is 0 Å². The molecule has 4 heterocycles. The lowest BCUT2D eigenvalue weighted by molar-refractivity contribution is 0.217. The van der Waals surface area contributed by atoms with E-state index in [2.05, 4.69) is 37.2 Å². The van der Waals surface area contributed by atoms with E-state index in [9.17, 15) is 0 Å². The molecule has 1 aliphatic rings. The molecule has 0 spiro atoms. The summed E-state index contributed by atoms with van der Waals surface area (Å²) in [5.41, 5.74) is 2.42. The molecule has 114 valence electrons. The zero-order valence-electron chi connectivity index (χ0n) is 12.1. The molecule has 0 N–H and O–H groups in total. The maximum atomic E-state index is 4.80. The molecule has 3 aromatic heterocycles. The summed E-state index contributed by atoms with van der Waals surface area (Å²) in [4.78, 5) is 11.3. The zero-order chi connectivity index (χ0) is 14.8. The molecule has 22 heavy (non-hydrogen) atoms. The van der Waals surface area contributed by atoms with E-state index in [-0.39, 0.29) is 0 Å². The highest BCUT2D eigenvalue weighted by atomic mass is 32.1. The van der Waals surface area contributed by atoms with Gasteiger partial charge >= 0.3 is 0 Å². The Hall–Kier alpha value is -1.57.